The third kappa shape index (κ3) is 4.36. The van der Waals surface area contributed by atoms with Crippen LogP contribution in [0.3, 0.4) is 0 Å². The van der Waals surface area contributed by atoms with E-state index in [4.69, 9.17) is 4.74 Å². The van der Waals surface area contributed by atoms with Crippen molar-refractivity contribution in [2.45, 2.75) is 37.6 Å². The minimum atomic E-state index is 0.313. The lowest BCUT2D eigenvalue weighted by molar-refractivity contribution is -0.0692. The quantitative estimate of drug-likeness (QED) is 0.892. The summed E-state index contributed by atoms with van der Waals surface area (Å²) in [5.41, 5.74) is 1.49. The second-order valence-corrected chi connectivity index (χ2v) is 7.20. The molecular weight excluding hydrogens is 282 g/mol. The highest BCUT2D eigenvalue weighted by Gasteiger charge is 2.29. The number of rotatable bonds is 4. The van der Waals surface area contributed by atoms with Crippen molar-refractivity contribution in [2.75, 3.05) is 30.7 Å². The number of morpholine rings is 1. The molecule has 21 heavy (non-hydrogen) atoms. The summed E-state index contributed by atoms with van der Waals surface area (Å²) in [6.45, 7) is 7.53. The molecular formula is C16H25N3OS. The second-order valence-electron chi connectivity index (χ2n) is 6.06. The van der Waals surface area contributed by atoms with E-state index < -0.39 is 0 Å². The number of ether oxygens (including phenoxy) is 1. The zero-order chi connectivity index (χ0) is 14.7. The molecule has 1 aromatic carbocycles. The van der Waals surface area contributed by atoms with Crippen LogP contribution in [0.5, 0.6) is 0 Å². The molecule has 0 radical (unpaired) electrons. The van der Waals surface area contributed by atoms with Gasteiger partial charge in [-0.1, -0.05) is 18.2 Å². The van der Waals surface area contributed by atoms with E-state index >= 15 is 0 Å². The summed E-state index contributed by atoms with van der Waals surface area (Å²) < 4.78 is 5.80. The number of anilines is 1. The fourth-order valence-electron chi connectivity index (χ4n) is 3.14. The van der Waals surface area contributed by atoms with Crippen molar-refractivity contribution in [3.8, 4) is 0 Å². The molecule has 2 heterocycles. The highest BCUT2D eigenvalue weighted by atomic mass is 32.2. The lowest BCUT2D eigenvalue weighted by Crippen LogP contribution is -2.50. The predicted molar refractivity (Wildman–Crippen MR) is 89.7 cm³/mol. The van der Waals surface area contributed by atoms with Gasteiger partial charge in [-0.3, -0.25) is 10.2 Å². The van der Waals surface area contributed by atoms with E-state index in [-0.39, 0.29) is 0 Å². The Labute approximate surface area is 131 Å². The number of thioether (sulfide) groups is 1. The molecule has 5 heteroatoms. The fourth-order valence-corrected chi connectivity index (χ4v) is 4.28. The van der Waals surface area contributed by atoms with Crippen LogP contribution in [0.25, 0.3) is 0 Å². The Morgan fingerprint density at radius 3 is 2.67 bits per heavy atom. The SMILES string of the molecule is CC1CN(CC2CSC(Nc3ccccc3)N2)CC(C)O1. The Hall–Kier alpha value is -0.750. The third-order valence-corrected chi connectivity index (χ3v) is 5.08. The molecule has 0 aromatic heterocycles. The van der Waals surface area contributed by atoms with Crippen LogP contribution in [0.1, 0.15) is 13.8 Å². The molecule has 0 aliphatic carbocycles. The number of nitrogens with zero attached hydrogens (tertiary/aromatic N) is 1. The topological polar surface area (TPSA) is 36.5 Å². The Balaban J connectivity index is 1.46. The van der Waals surface area contributed by atoms with Crippen LogP contribution in [-0.2, 0) is 4.74 Å². The average molecular weight is 307 g/mol. The number of hydrogen-bond acceptors (Lipinski definition) is 5. The number of nitrogens with one attached hydrogen (secondary N) is 2. The monoisotopic (exact) mass is 307 g/mol. The highest BCUT2D eigenvalue weighted by molar-refractivity contribution is 8.00. The first-order valence-electron chi connectivity index (χ1n) is 7.76. The second kappa shape index (κ2) is 7.01. The van der Waals surface area contributed by atoms with Crippen LogP contribution >= 0.6 is 11.8 Å². The number of para-hydroxylation sites is 1. The standard InChI is InChI=1S/C16H25N3OS/c1-12-8-19(9-13(2)20-12)10-15-11-21-16(18-15)17-14-6-4-3-5-7-14/h3-7,12-13,15-18H,8-11H2,1-2H3. The van der Waals surface area contributed by atoms with Crippen LogP contribution in [0, 0.1) is 0 Å². The summed E-state index contributed by atoms with van der Waals surface area (Å²) in [4.78, 5) is 2.53. The third-order valence-electron chi connectivity index (χ3n) is 3.90. The first-order valence-corrected chi connectivity index (χ1v) is 8.81. The van der Waals surface area contributed by atoms with Gasteiger partial charge >= 0.3 is 0 Å². The predicted octanol–water partition coefficient (Wildman–Crippen LogP) is 2.20. The van der Waals surface area contributed by atoms with Crippen LogP contribution in [0.4, 0.5) is 5.69 Å². The fraction of sp³-hybridized carbons (Fsp3) is 0.625. The van der Waals surface area contributed by atoms with Crippen molar-refractivity contribution in [1.82, 2.24) is 10.2 Å². The van der Waals surface area contributed by atoms with Crippen LogP contribution in [0.2, 0.25) is 0 Å². The Morgan fingerprint density at radius 2 is 1.95 bits per heavy atom. The molecule has 4 unspecified atom stereocenters. The van der Waals surface area contributed by atoms with Crippen molar-refractivity contribution in [3.05, 3.63) is 30.3 Å². The van der Waals surface area contributed by atoms with E-state index in [1.807, 2.05) is 17.8 Å². The van der Waals surface area contributed by atoms with E-state index in [0.29, 0.717) is 23.7 Å². The zero-order valence-electron chi connectivity index (χ0n) is 12.8. The molecule has 0 amide bonds. The van der Waals surface area contributed by atoms with Gasteiger partial charge in [0.1, 0.15) is 5.50 Å². The molecule has 0 bridgehead atoms. The molecule has 2 N–H and O–H groups in total. The summed E-state index contributed by atoms with van der Waals surface area (Å²) in [5.74, 6) is 1.16. The van der Waals surface area contributed by atoms with E-state index in [1.165, 1.54) is 5.69 Å². The number of benzene rings is 1. The van der Waals surface area contributed by atoms with E-state index in [9.17, 15) is 0 Å². The van der Waals surface area contributed by atoms with Crippen LogP contribution in [0.15, 0.2) is 30.3 Å². The van der Waals surface area contributed by atoms with Crippen molar-refractivity contribution in [3.63, 3.8) is 0 Å². The van der Waals surface area contributed by atoms with Gasteiger partial charge in [0.2, 0.25) is 0 Å². The largest absolute Gasteiger partial charge is 0.373 e. The summed E-state index contributed by atoms with van der Waals surface area (Å²) in [6, 6.07) is 11.0. The van der Waals surface area contributed by atoms with Crippen LogP contribution < -0.4 is 10.6 Å². The number of hydrogen-bond donors (Lipinski definition) is 2. The van der Waals surface area contributed by atoms with E-state index in [0.717, 1.165) is 25.4 Å². The summed E-state index contributed by atoms with van der Waals surface area (Å²) in [7, 11) is 0. The van der Waals surface area contributed by atoms with E-state index in [1.54, 1.807) is 0 Å². The molecule has 0 saturated carbocycles. The van der Waals surface area contributed by atoms with Crippen LogP contribution in [-0.4, -0.2) is 54.0 Å². The molecule has 2 aliphatic heterocycles. The lowest BCUT2D eigenvalue weighted by Gasteiger charge is -2.36. The maximum atomic E-state index is 5.80. The molecule has 2 aliphatic rings. The molecule has 0 spiro atoms. The van der Waals surface area contributed by atoms with Gasteiger partial charge in [0.25, 0.3) is 0 Å². The Bertz CT molecular complexity index is 434. The summed E-state index contributed by atoms with van der Waals surface area (Å²) in [6.07, 6.45) is 0.696. The summed E-state index contributed by atoms with van der Waals surface area (Å²) >= 11 is 1.96. The van der Waals surface area contributed by atoms with Gasteiger partial charge in [-0.2, -0.15) is 0 Å². The molecule has 2 saturated heterocycles. The maximum Gasteiger partial charge on any atom is 0.126 e. The lowest BCUT2D eigenvalue weighted by atomic mass is 10.2. The highest BCUT2D eigenvalue weighted by Crippen LogP contribution is 2.22. The molecule has 116 valence electrons. The smallest absolute Gasteiger partial charge is 0.126 e. The Kier molecular flexibility index (Phi) is 5.06. The van der Waals surface area contributed by atoms with Crippen molar-refractivity contribution in [2.24, 2.45) is 0 Å². The first-order chi connectivity index (χ1) is 10.2. The minimum Gasteiger partial charge on any atom is -0.373 e. The van der Waals surface area contributed by atoms with Gasteiger partial charge < -0.3 is 10.1 Å². The van der Waals surface area contributed by atoms with Gasteiger partial charge in [0.15, 0.2) is 0 Å². The molecule has 1 aromatic rings. The maximum absolute atomic E-state index is 5.80. The van der Waals surface area contributed by atoms with Gasteiger partial charge in [0.05, 0.1) is 12.2 Å². The normalized spacial score (nSPS) is 34.0. The van der Waals surface area contributed by atoms with Gasteiger partial charge in [-0.25, -0.2) is 0 Å². The van der Waals surface area contributed by atoms with Gasteiger partial charge in [0, 0.05) is 37.1 Å². The molecule has 3 rings (SSSR count). The molecule has 4 atom stereocenters. The van der Waals surface area contributed by atoms with Crippen molar-refractivity contribution >= 4 is 17.4 Å². The van der Waals surface area contributed by atoms with Crippen molar-refractivity contribution < 1.29 is 4.74 Å². The molecule has 2 fully saturated rings. The molecule has 4 nitrogen and oxygen atoms in total. The first kappa shape index (κ1) is 15.2. The van der Waals surface area contributed by atoms with E-state index in [2.05, 4.69) is 53.6 Å². The average Bonchev–Trinajstić information content (AvgIpc) is 2.86. The van der Waals surface area contributed by atoms with Gasteiger partial charge in [-0.05, 0) is 26.0 Å². The minimum absolute atomic E-state index is 0.313. The van der Waals surface area contributed by atoms with Gasteiger partial charge in [-0.15, -0.1) is 11.8 Å². The Morgan fingerprint density at radius 1 is 1.24 bits per heavy atom. The van der Waals surface area contributed by atoms with Crippen molar-refractivity contribution in [1.29, 1.82) is 0 Å². The summed E-state index contributed by atoms with van der Waals surface area (Å²) in [5, 5.41) is 7.22. The zero-order valence-corrected chi connectivity index (χ0v) is 13.6.